The molecule has 41 heavy (non-hydrogen) atoms. The number of pyridine rings is 1. The minimum Gasteiger partial charge on any atom is -0.444 e. The third kappa shape index (κ3) is 7.28. The van der Waals surface area contributed by atoms with Crippen molar-refractivity contribution in [2.24, 2.45) is 23.3 Å². The van der Waals surface area contributed by atoms with Crippen LogP contribution in [0.2, 0.25) is 0 Å². The number of nitrogens with two attached hydrogens (primary N) is 2. The highest BCUT2D eigenvalue weighted by molar-refractivity contribution is 5.90. The van der Waals surface area contributed by atoms with Crippen LogP contribution in [0.25, 0.3) is 11.5 Å². The first kappa shape index (κ1) is 29.1. The van der Waals surface area contributed by atoms with E-state index in [4.69, 9.17) is 15.9 Å². The van der Waals surface area contributed by atoms with Crippen LogP contribution in [-0.2, 0) is 0 Å². The van der Waals surface area contributed by atoms with Crippen molar-refractivity contribution >= 4 is 17.4 Å². The Kier molecular flexibility index (Phi) is 9.29. The second kappa shape index (κ2) is 13.1. The molecule has 2 aliphatic rings. The fraction of sp³-hybridized carbons (Fsp3) is 0.586. The molecule has 2 saturated carbocycles. The van der Waals surface area contributed by atoms with Gasteiger partial charge in [-0.25, -0.2) is 18.7 Å². The summed E-state index contributed by atoms with van der Waals surface area (Å²) in [5.74, 6) is 1.01. The van der Waals surface area contributed by atoms with Crippen molar-refractivity contribution in [3.63, 3.8) is 0 Å². The van der Waals surface area contributed by atoms with Crippen LogP contribution in [0.3, 0.4) is 0 Å². The van der Waals surface area contributed by atoms with Crippen LogP contribution in [-0.4, -0.2) is 63.8 Å². The van der Waals surface area contributed by atoms with Crippen LogP contribution in [0.1, 0.15) is 80.0 Å². The smallest absolute Gasteiger partial charge is 0.284 e. The Labute approximate surface area is 239 Å². The second-order valence-electron chi connectivity index (χ2n) is 11.5. The molecule has 0 bridgehead atoms. The standard InChI is InChI=1S/C29H40F2N8O2/c1-37(13-3-2-11-32)15-19-6-8-22(9-7-19)39-17-24(26(36-39)27(30)31)38(16-20-4-5-20)25-14-21(10-12-34-25)29-35-23(18-41-29)28(33)40/h10,12,14,17-20,22,27H,2-9,11,13,15-16,32H2,1H3,(H2,33,40). The van der Waals surface area contributed by atoms with Gasteiger partial charge in [-0.1, -0.05) is 0 Å². The summed E-state index contributed by atoms with van der Waals surface area (Å²) in [7, 11) is 2.16. The Morgan fingerprint density at radius 3 is 2.54 bits per heavy atom. The van der Waals surface area contributed by atoms with E-state index in [1.807, 2.05) is 4.90 Å². The average molecular weight is 571 g/mol. The number of unbranched alkanes of at least 4 members (excludes halogenated alkanes) is 1. The Balaban J connectivity index is 1.34. The average Bonchev–Trinajstić information content (AvgIpc) is 3.44. The lowest BCUT2D eigenvalue weighted by Gasteiger charge is -2.31. The number of carbonyl (C=O) groups excluding carboxylic acids is 1. The van der Waals surface area contributed by atoms with Crippen molar-refractivity contribution in [3.8, 4) is 11.5 Å². The summed E-state index contributed by atoms with van der Waals surface area (Å²) >= 11 is 0. The van der Waals surface area contributed by atoms with Crippen LogP contribution in [0.5, 0.6) is 0 Å². The second-order valence-corrected chi connectivity index (χ2v) is 11.5. The maximum absolute atomic E-state index is 14.4. The van der Waals surface area contributed by atoms with Crippen LogP contribution in [0.15, 0.2) is 35.2 Å². The quantitative estimate of drug-likeness (QED) is 0.261. The molecule has 0 radical (unpaired) electrons. The Hall–Kier alpha value is -3.38. The lowest BCUT2D eigenvalue weighted by atomic mass is 9.86. The van der Waals surface area contributed by atoms with Gasteiger partial charge in [0.1, 0.15) is 12.1 Å². The van der Waals surface area contributed by atoms with Crippen LogP contribution >= 0.6 is 0 Å². The molecule has 0 unspecified atom stereocenters. The molecule has 0 aromatic carbocycles. The third-order valence-corrected chi connectivity index (χ3v) is 8.16. The van der Waals surface area contributed by atoms with Gasteiger partial charge in [-0.2, -0.15) is 5.10 Å². The van der Waals surface area contributed by atoms with E-state index in [2.05, 4.69) is 27.0 Å². The molecular weight excluding hydrogens is 530 g/mol. The number of hydrogen-bond donors (Lipinski definition) is 2. The maximum Gasteiger partial charge on any atom is 0.284 e. The van der Waals surface area contributed by atoms with Gasteiger partial charge in [0.05, 0.1) is 11.7 Å². The molecule has 222 valence electrons. The van der Waals surface area contributed by atoms with E-state index in [0.717, 1.165) is 71.0 Å². The number of halogens is 2. The van der Waals surface area contributed by atoms with Crippen molar-refractivity contribution in [2.45, 2.75) is 63.8 Å². The first-order chi connectivity index (χ1) is 19.8. The molecule has 1 amide bonds. The molecule has 10 nitrogen and oxygen atoms in total. The van der Waals surface area contributed by atoms with Crippen molar-refractivity contribution in [1.29, 1.82) is 0 Å². The van der Waals surface area contributed by atoms with Gasteiger partial charge in [0.25, 0.3) is 12.3 Å². The summed E-state index contributed by atoms with van der Waals surface area (Å²) in [4.78, 5) is 24.4. The summed E-state index contributed by atoms with van der Waals surface area (Å²) in [5, 5.41) is 4.44. The highest BCUT2D eigenvalue weighted by Crippen LogP contribution is 2.41. The zero-order valence-electron chi connectivity index (χ0n) is 23.6. The molecule has 5 rings (SSSR count). The molecule has 12 heteroatoms. The van der Waals surface area contributed by atoms with E-state index < -0.39 is 12.3 Å². The minimum absolute atomic E-state index is 0.0161. The van der Waals surface area contributed by atoms with Crippen LogP contribution in [0.4, 0.5) is 20.3 Å². The summed E-state index contributed by atoms with van der Waals surface area (Å²) in [5.41, 5.74) is 11.7. The number of nitrogens with zero attached hydrogens (tertiary/aromatic N) is 6. The van der Waals surface area contributed by atoms with Gasteiger partial charge in [0.15, 0.2) is 11.4 Å². The lowest BCUT2D eigenvalue weighted by Crippen LogP contribution is -2.30. The van der Waals surface area contributed by atoms with E-state index in [0.29, 0.717) is 35.4 Å². The van der Waals surface area contributed by atoms with E-state index in [1.165, 1.54) is 6.26 Å². The summed E-state index contributed by atoms with van der Waals surface area (Å²) in [6, 6.07) is 3.52. The Bertz CT molecular complexity index is 1300. The van der Waals surface area contributed by atoms with Gasteiger partial charge in [-0.3, -0.25) is 9.48 Å². The van der Waals surface area contributed by atoms with Gasteiger partial charge in [0.2, 0.25) is 5.89 Å². The predicted molar refractivity (Wildman–Crippen MR) is 152 cm³/mol. The number of aromatic nitrogens is 4. The van der Waals surface area contributed by atoms with E-state index >= 15 is 0 Å². The predicted octanol–water partition coefficient (Wildman–Crippen LogP) is 4.92. The van der Waals surface area contributed by atoms with E-state index in [9.17, 15) is 13.6 Å². The van der Waals surface area contributed by atoms with Gasteiger partial charge < -0.3 is 25.7 Å². The van der Waals surface area contributed by atoms with Crippen molar-refractivity contribution in [3.05, 3.63) is 42.2 Å². The molecule has 2 fully saturated rings. The van der Waals surface area contributed by atoms with Crippen molar-refractivity contribution in [1.82, 2.24) is 24.6 Å². The highest BCUT2D eigenvalue weighted by Gasteiger charge is 2.32. The molecule has 3 aromatic heterocycles. The van der Waals surface area contributed by atoms with E-state index in [1.54, 1.807) is 29.2 Å². The molecule has 3 aromatic rings. The normalized spacial score (nSPS) is 19.3. The third-order valence-electron chi connectivity index (χ3n) is 8.16. The molecule has 2 aliphatic carbocycles. The molecular formula is C29H40F2N8O2. The topological polar surface area (TPSA) is 132 Å². The number of primary amides is 1. The van der Waals surface area contributed by atoms with E-state index in [-0.39, 0.29) is 23.3 Å². The number of amides is 1. The summed E-state index contributed by atoms with van der Waals surface area (Å²) < 4.78 is 36.0. The van der Waals surface area contributed by atoms with Crippen molar-refractivity contribution < 1.29 is 18.0 Å². The number of hydrogen-bond acceptors (Lipinski definition) is 8. The number of oxazole rings is 1. The maximum atomic E-state index is 14.4. The molecule has 0 aliphatic heterocycles. The number of anilines is 2. The largest absolute Gasteiger partial charge is 0.444 e. The summed E-state index contributed by atoms with van der Waals surface area (Å²) in [6.07, 6.45) is 9.98. The van der Waals surface area contributed by atoms with Gasteiger partial charge in [0, 0.05) is 31.0 Å². The zero-order chi connectivity index (χ0) is 28.9. The number of rotatable bonds is 14. The summed E-state index contributed by atoms with van der Waals surface area (Å²) in [6.45, 7) is 3.38. The molecule has 0 spiro atoms. The van der Waals surface area contributed by atoms with Crippen molar-refractivity contribution in [2.75, 3.05) is 38.1 Å². The lowest BCUT2D eigenvalue weighted by molar-refractivity contribution is 0.0995. The molecule has 0 saturated heterocycles. The van der Waals surface area contributed by atoms with Gasteiger partial charge >= 0.3 is 0 Å². The monoisotopic (exact) mass is 570 g/mol. The first-order valence-corrected chi connectivity index (χ1v) is 14.6. The van der Waals surface area contributed by atoms with Gasteiger partial charge in [-0.15, -0.1) is 0 Å². The SMILES string of the molecule is CN(CCCCN)CC1CCC(n2cc(N(CC3CC3)c3cc(-c4nc(C(N)=O)co4)ccn3)c(C(F)F)n2)CC1. The number of alkyl halides is 2. The van der Waals surface area contributed by atoms with Crippen LogP contribution < -0.4 is 16.4 Å². The Morgan fingerprint density at radius 2 is 1.88 bits per heavy atom. The fourth-order valence-corrected chi connectivity index (χ4v) is 5.69. The van der Waals surface area contributed by atoms with Crippen LogP contribution in [0, 0.1) is 11.8 Å². The first-order valence-electron chi connectivity index (χ1n) is 14.6. The number of carbonyl (C=O) groups is 1. The molecule has 4 N–H and O–H groups in total. The zero-order valence-corrected chi connectivity index (χ0v) is 23.6. The molecule has 0 atom stereocenters. The Morgan fingerprint density at radius 1 is 1.15 bits per heavy atom. The minimum atomic E-state index is -2.72. The fourth-order valence-electron chi connectivity index (χ4n) is 5.69. The van der Waals surface area contributed by atoms with Gasteiger partial charge in [-0.05, 0) is 95.5 Å². The molecule has 3 heterocycles. The highest BCUT2D eigenvalue weighted by atomic mass is 19.3.